The number of carbonyl (C=O) groups is 1. The zero-order valence-electron chi connectivity index (χ0n) is 15.1. The summed E-state index contributed by atoms with van der Waals surface area (Å²) in [5.74, 6) is 1.36. The molecule has 0 radical (unpaired) electrons. The molecule has 2 heterocycles. The van der Waals surface area contributed by atoms with Gasteiger partial charge in [-0.2, -0.15) is 0 Å². The zero-order valence-corrected chi connectivity index (χ0v) is 15.1. The SMILES string of the molecule is COc1ccc(CC(=O)N2CC(CO)C(c3ccccn3)C2)cc1OC. The zero-order chi connectivity index (χ0) is 18.5. The second-order valence-electron chi connectivity index (χ2n) is 6.47. The Morgan fingerprint density at radius 2 is 2.00 bits per heavy atom. The lowest BCUT2D eigenvalue weighted by Gasteiger charge is -2.17. The van der Waals surface area contributed by atoms with E-state index in [1.54, 1.807) is 26.5 Å². The average molecular weight is 356 g/mol. The van der Waals surface area contributed by atoms with Gasteiger partial charge in [0.15, 0.2) is 11.5 Å². The second-order valence-corrected chi connectivity index (χ2v) is 6.47. The molecule has 0 spiro atoms. The van der Waals surface area contributed by atoms with Crippen LogP contribution in [0.4, 0.5) is 0 Å². The summed E-state index contributed by atoms with van der Waals surface area (Å²) in [5.41, 5.74) is 1.79. The van der Waals surface area contributed by atoms with Gasteiger partial charge in [-0.3, -0.25) is 9.78 Å². The monoisotopic (exact) mass is 356 g/mol. The lowest BCUT2D eigenvalue weighted by molar-refractivity contribution is -0.129. The maximum Gasteiger partial charge on any atom is 0.227 e. The number of benzene rings is 1. The first-order chi connectivity index (χ1) is 12.7. The van der Waals surface area contributed by atoms with Crippen LogP contribution in [0, 0.1) is 5.92 Å². The Balaban J connectivity index is 1.71. The lowest BCUT2D eigenvalue weighted by atomic mass is 9.93. The summed E-state index contributed by atoms with van der Waals surface area (Å²) < 4.78 is 10.5. The number of amides is 1. The van der Waals surface area contributed by atoms with E-state index in [9.17, 15) is 9.90 Å². The fourth-order valence-corrected chi connectivity index (χ4v) is 3.47. The standard InChI is InChI=1S/C20H24N2O4/c1-25-18-7-6-14(9-19(18)26-2)10-20(24)22-11-15(13-23)16(12-22)17-5-3-4-8-21-17/h3-9,15-16,23H,10-13H2,1-2H3. The van der Waals surface area contributed by atoms with Gasteiger partial charge in [-0.15, -0.1) is 0 Å². The van der Waals surface area contributed by atoms with Crippen molar-refractivity contribution < 1.29 is 19.4 Å². The van der Waals surface area contributed by atoms with Gasteiger partial charge in [-0.05, 0) is 29.8 Å². The summed E-state index contributed by atoms with van der Waals surface area (Å²) in [5, 5.41) is 9.72. The fourth-order valence-electron chi connectivity index (χ4n) is 3.47. The molecule has 26 heavy (non-hydrogen) atoms. The van der Waals surface area contributed by atoms with Gasteiger partial charge in [0.25, 0.3) is 0 Å². The Bertz CT molecular complexity index is 751. The molecular formula is C20H24N2O4. The molecule has 0 bridgehead atoms. The van der Waals surface area contributed by atoms with Crippen LogP contribution in [-0.4, -0.2) is 54.8 Å². The maximum atomic E-state index is 12.8. The van der Waals surface area contributed by atoms with Crippen molar-refractivity contribution in [3.8, 4) is 11.5 Å². The molecule has 1 aliphatic rings. The molecule has 1 saturated heterocycles. The van der Waals surface area contributed by atoms with Crippen molar-refractivity contribution in [1.29, 1.82) is 0 Å². The summed E-state index contributed by atoms with van der Waals surface area (Å²) in [6.45, 7) is 1.17. The predicted molar refractivity (Wildman–Crippen MR) is 97.4 cm³/mol. The van der Waals surface area contributed by atoms with Gasteiger partial charge in [0.2, 0.25) is 5.91 Å². The molecule has 6 nitrogen and oxygen atoms in total. The van der Waals surface area contributed by atoms with Gasteiger partial charge in [0.1, 0.15) is 0 Å². The highest BCUT2D eigenvalue weighted by Gasteiger charge is 2.36. The number of nitrogens with zero attached hydrogens (tertiary/aromatic N) is 2. The van der Waals surface area contributed by atoms with Gasteiger partial charge >= 0.3 is 0 Å². The largest absolute Gasteiger partial charge is 0.493 e. The van der Waals surface area contributed by atoms with Crippen LogP contribution < -0.4 is 9.47 Å². The Kier molecular flexibility index (Phi) is 5.73. The number of aromatic nitrogens is 1. The van der Waals surface area contributed by atoms with Crippen molar-refractivity contribution in [3.05, 3.63) is 53.9 Å². The minimum absolute atomic E-state index is 0.0132. The number of methoxy groups -OCH3 is 2. The van der Waals surface area contributed by atoms with Gasteiger partial charge in [-0.25, -0.2) is 0 Å². The van der Waals surface area contributed by atoms with Crippen molar-refractivity contribution in [1.82, 2.24) is 9.88 Å². The third-order valence-corrected chi connectivity index (χ3v) is 4.90. The molecule has 1 aromatic heterocycles. The molecule has 3 rings (SSSR count). The van der Waals surface area contributed by atoms with E-state index in [1.165, 1.54) is 0 Å². The van der Waals surface area contributed by atoms with Crippen molar-refractivity contribution in [3.63, 3.8) is 0 Å². The number of hydrogen-bond donors (Lipinski definition) is 1. The smallest absolute Gasteiger partial charge is 0.227 e. The molecule has 138 valence electrons. The van der Waals surface area contributed by atoms with E-state index < -0.39 is 0 Å². The van der Waals surface area contributed by atoms with Gasteiger partial charge in [0, 0.05) is 43.4 Å². The van der Waals surface area contributed by atoms with Crippen LogP contribution in [0.3, 0.4) is 0 Å². The topological polar surface area (TPSA) is 71.9 Å². The number of aliphatic hydroxyl groups excluding tert-OH is 1. The number of pyridine rings is 1. The van der Waals surface area contributed by atoms with Crippen LogP contribution >= 0.6 is 0 Å². The molecule has 1 aromatic carbocycles. The number of rotatable bonds is 6. The molecule has 1 aliphatic heterocycles. The van der Waals surface area contributed by atoms with E-state index in [4.69, 9.17) is 9.47 Å². The molecule has 1 amide bonds. The van der Waals surface area contributed by atoms with Gasteiger partial charge in [-0.1, -0.05) is 12.1 Å². The first kappa shape index (κ1) is 18.2. The van der Waals surface area contributed by atoms with Crippen LogP contribution in [0.25, 0.3) is 0 Å². The van der Waals surface area contributed by atoms with Gasteiger partial charge in [0.05, 0.1) is 20.6 Å². The molecular weight excluding hydrogens is 332 g/mol. The summed E-state index contributed by atoms with van der Waals surface area (Å²) in [6.07, 6.45) is 2.03. The van der Waals surface area contributed by atoms with Crippen LogP contribution in [0.2, 0.25) is 0 Å². The van der Waals surface area contributed by atoms with Crippen LogP contribution in [0.15, 0.2) is 42.6 Å². The van der Waals surface area contributed by atoms with Crippen molar-refractivity contribution >= 4 is 5.91 Å². The molecule has 0 saturated carbocycles. The predicted octanol–water partition coefficient (Wildman–Crippen LogP) is 1.88. The number of carbonyl (C=O) groups excluding carboxylic acids is 1. The second kappa shape index (κ2) is 8.19. The highest BCUT2D eigenvalue weighted by Crippen LogP contribution is 2.32. The van der Waals surface area contributed by atoms with Crippen molar-refractivity contribution in [2.75, 3.05) is 33.9 Å². The molecule has 6 heteroatoms. The normalized spacial score (nSPS) is 19.4. The van der Waals surface area contributed by atoms with Crippen LogP contribution in [0.1, 0.15) is 17.2 Å². The number of aliphatic hydroxyl groups is 1. The highest BCUT2D eigenvalue weighted by atomic mass is 16.5. The van der Waals surface area contributed by atoms with E-state index in [0.717, 1.165) is 11.3 Å². The fraction of sp³-hybridized carbons (Fsp3) is 0.400. The molecule has 1 N–H and O–H groups in total. The molecule has 2 atom stereocenters. The summed E-state index contributed by atoms with van der Waals surface area (Å²) in [7, 11) is 3.16. The molecule has 2 aromatic rings. The third-order valence-electron chi connectivity index (χ3n) is 4.90. The highest BCUT2D eigenvalue weighted by molar-refractivity contribution is 5.79. The molecule has 0 aliphatic carbocycles. The molecule has 1 fully saturated rings. The Labute approximate surface area is 153 Å². The minimum Gasteiger partial charge on any atom is -0.493 e. The van der Waals surface area contributed by atoms with Crippen molar-refractivity contribution in [2.45, 2.75) is 12.3 Å². The number of likely N-dealkylation sites (tertiary alicyclic amines) is 1. The minimum atomic E-state index is 0.0132. The van der Waals surface area contributed by atoms with Gasteiger partial charge < -0.3 is 19.5 Å². The van der Waals surface area contributed by atoms with E-state index in [1.807, 2.05) is 35.2 Å². The first-order valence-electron chi connectivity index (χ1n) is 8.66. The summed E-state index contributed by atoms with van der Waals surface area (Å²) in [6, 6.07) is 11.3. The Morgan fingerprint density at radius 3 is 2.65 bits per heavy atom. The maximum absolute atomic E-state index is 12.8. The first-order valence-corrected chi connectivity index (χ1v) is 8.66. The van der Waals surface area contributed by atoms with E-state index in [-0.39, 0.29) is 30.8 Å². The summed E-state index contributed by atoms with van der Waals surface area (Å²) >= 11 is 0. The Hall–Kier alpha value is -2.60. The van der Waals surface area contributed by atoms with Crippen LogP contribution in [0.5, 0.6) is 11.5 Å². The third kappa shape index (κ3) is 3.80. The van der Waals surface area contributed by atoms with E-state index in [2.05, 4.69) is 4.98 Å². The van der Waals surface area contributed by atoms with E-state index >= 15 is 0 Å². The quantitative estimate of drug-likeness (QED) is 0.856. The Morgan fingerprint density at radius 1 is 1.19 bits per heavy atom. The van der Waals surface area contributed by atoms with E-state index in [0.29, 0.717) is 24.6 Å². The number of ether oxygens (including phenoxy) is 2. The van der Waals surface area contributed by atoms with Crippen molar-refractivity contribution in [2.24, 2.45) is 5.92 Å². The lowest BCUT2D eigenvalue weighted by Crippen LogP contribution is -2.30. The molecule has 2 unspecified atom stereocenters. The average Bonchev–Trinajstić information content (AvgIpc) is 3.13. The van der Waals surface area contributed by atoms with Crippen LogP contribution in [-0.2, 0) is 11.2 Å². The number of hydrogen-bond acceptors (Lipinski definition) is 5. The summed E-state index contributed by atoms with van der Waals surface area (Å²) in [4.78, 5) is 19.0.